The highest BCUT2D eigenvalue weighted by Crippen LogP contribution is 2.38. The summed E-state index contributed by atoms with van der Waals surface area (Å²) in [5.41, 5.74) is 5.35. The van der Waals surface area contributed by atoms with Crippen molar-refractivity contribution in [1.82, 2.24) is 25.3 Å². The van der Waals surface area contributed by atoms with Crippen LogP contribution < -0.4 is 10.6 Å². The van der Waals surface area contributed by atoms with Gasteiger partial charge in [-0.05, 0) is 68.1 Å². The molecule has 5 rings (SSSR count). The van der Waals surface area contributed by atoms with E-state index < -0.39 is 11.3 Å². The fraction of sp³-hybridized carbons (Fsp3) is 0.222. The number of hydrogen-bond donors (Lipinski definition) is 2. The summed E-state index contributed by atoms with van der Waals surface area (Å²) < 4.78 is 0. The summed E-state index contributed by atoms with van der Waals surface area (Å²) in [6.07, 6.45) is 3.06. The molecule has 3 aromatic heterocycles. The summed E-state index contributed by atoms with van der Waals surface area (Å²) in [4.78, 5) is 42.6. The van der Waals surface area contributed by atoms with E-state index in [0.717, 1.165) is 35.4 Å². The number of anilines is 1. The van der Waals surface area contributed by atoms with Gasteiger partial charge in [0.2, 0.25) is 5.91 Å². The number of nitriles is 1. The maximum atomic E-state index is 12.7. The number of carbonyl (C=O) groups is 2. The Balaban J connectivity index is 1.21. The van der Waals surface area contributed by atoms with Crippen molar-refractivity contribution in [1.29, 1.82) is 5.26 Å². The maximum Gasteiger partial charge on any atom is 0.251 e. The van der Waals surface area contributed by atoms with Gasteiger partial charge in [0.1, 0.15) is 12.0 Å². The van der Waals surface area contributed by atoms with Crippen molar-refractivity contribution < 1.29 is 9.59 Å². The van der Waals surface area contributed by atoms with E-state index in [1.807, 2.05) is 49.6 Å². The number of aromatic nitrogens is 4. The molecule has 0 bridgehead atoms. The van der Waals surface area contributed by atoms with Crippen LogP contribution >= 0.6 is 11.3 Å². The van der Waals surface area contributed by atoms with Crippen molar-refractivity contribution >= 4 is 28.3 Å². The molecule has 0 saturated carbocycles. The molecule has 0 aliphatic heterocycles. The van der Waals surface area contributed by atoms with Crippen LogP contribution in [0.3, 0.4) is 0 Å². The topological polar surface area (TPSA) is 134 Å². The van der Waals surface area contributed by atoms with E-state index in [9.17, 15) is 14.9 Å². The van der Waals surface area contributed by atoms with E-state index in [0.29, 0.717) is 27.8 Å². The van der Waals surface area contributed by atoms with E-state index >= 15 is 0 Å². The average Bonchev–Trinajstić information content (AvgIpc) is 3.52. The van der Waals surface area contributed by atoms with E-state index in [2.05, 4.69) is 36.6 Å². The molecule has 3 heterocycles. The van der Waals surface area contributed by atoms with Gasteiger partial charge in [-0.15, -0.1) is 11.3 Å². The van der Waals surface area contributed by atoms with Crippen molar-refractivity contribution in [2.45, 2.75) is 32.1 Å². The number of benzene rings is 1. The first-order valence-corrected chi connectivity index (χ1v) is 12.6. The average molecular weight is 510 g/mol. The molecule has 184 valence electrons. The van der Waals surface area contributed by atoms with Crippen molar-refractivity contribution in [3.8, 4) is 28.8 Å². The minimum Gasteiger partial charge on any atom is -0.343 e. The second-order valence-corrected chi connectivity index (χ2v) is 9.90. The minimum absolute atomic E-state index is 0.207. The zero-order valence-electron chi connectivity index (χ0n) is 20.3. The number of fused-ring (bicyclic) bond motifs is 1. The molecule has 1 aromatic carbocycles. The number of nitrogens with one attached hydrogen (secondary N) is 2. The fourth-order valence-electron chi connectivity index (χ4n) is 4.27. The summed E-state index contributed by atoms with van der Waals surface area (Å²) in [7, 11) is 0. The Hall–Kier alpha value is -4.49. The monoisotopic (exact) mass is 509 g/mol. The van der Waals surface area contributed by atoms with Gasteiger partial charge in [-0.2, -0.15) is 5.26 Å². The zero-order valence-corrected chi connectivity index (χ0v) is 21.1. The van der Waals surface area contributed by atoms with Crippen LogP contribution in [-0.4, -0.2) is 38.3 Å². The molecule has 1 atom stereocenters. The van der Waals surface area contributed by atoms with Crippen LogP contribution in [0.25, 0.3) is 22.8 Å². The first-order chi connectivity index (χ1) is 17.8. The lowest BCUT2D eigenvalue weighted by Gasteiger charge is -2.16. The van der Waals surface area contributed by atoms with E-state index in [1.54, 1.807) is 12.1 Å². The van der Waals surface area contributed by atoms with E-state index in [-0.39, 0.29) is 12.5 Å². The van der Waals surface area contributed by atoms with Gasteiger partial charge in [0, 0.05) is 16.6 Å². The Labute approximate surface area is 217 Å². The summed E-state index contributed by atoms with van der Waals surface area (Å²) in [5, 5.41) is 17.1. The molecule has 10 heteroatoms. The zero-order chi connectivity index (χ0) is 26.0. The van der Waals surface area contributed by atoms with Crippen LogP contribution in [0.5, 0.6) is 0 Å². The van der Waals surface area contributed by atoms with Gasteiger partial charge in [-0.25, -0.2) is 19.9 Å². The van der Waals surface area contributed by atoms with Gasteiger partial charge in [-0.3, -0.25) is 9.59 Å². The summed E-state index contributed by atoms with van der Waals surface area (Å²) in [5.74, 6) is -0.763. The van der Waals surface area contributed by atoms with Gasteiger partial charge in [0.15, 0.2) is 5.13 Å². The number of hydrogen-bond acceptors (Lipinski definition) is 8. The lowest BCUT2D eigenvalue weighted by atomic mass is 9.85. The fourth-order valence-corrected chi connectivity index (χ4v) is 4.99. The minimum atomic E-state index is -0.590. The molecule has 0 radical (unpaired) electrons. The van der Waals surface area contributed by atoms with Crippen molar-refractivity contribution in [3.63, 3.8) is 0 Å². The number of pyridine rings is 1. The smallest absolute Gasteiger partial charge is 0.251 e. The highest BCUT2D eigenvalue weighted by Gasteiger charge is 2.34. The molecule has 1 aliphatic carbocycles. The molecule has 0 fully saturated rings. The molecule has 2 amide bonds. The quantitative estimate of drug-likeness (QED) is 0.400. The van der Waals surface area contributed by atoms with Crippen LogP contribution in [0.1, 0.15) is 40.5 Å². The van der Waals surface area contributed by atoms with Crippen LogP contribution in [0.4, 0.5) is 5.13 Å². The second-order valence-electron chi connectivity index (χ2n) is 9.04. The number of thiazole rings is 1. The molecule has 1 aliphatic rings. The molecule has 0 saturated heterocycles. The maximum absolute atomic E-state index is 12.7. The third-order valence-electron chi connectivity index (χ3n) is 6.35. The Kier molecular flexibility index (Phi) is 6.46. The van der Waals surface area contributed by atoms with Gasteiger partial charge in [0.25, 0.3) is 5.91 Å². The third-order valence-corrected chi connectivity index (χ3v) is 7.10. The molecule has 0 unspecified atom stereocenters. The SMILES string of the molecule is Cc1cc(-c2cccc(-c3csc(NC(=O)CNC(=O)c4ccc5c(c4)[C@](C)(C#N)CC5)n3)n2)ncn1. The van der Waals surface area contributed by atoms with Gasteiger partial charge in [-0.1, -0.05) is 12.1 Å². The number of aryl methyl sites for hydroxylation is 2. The molecule has 0 spiro atoms. The second kappa shape index (κ2) is 9.87. The Morgan fingerprint density at radius 2 is 1.89 bits per heavy atom. The number of carbonyl (C=O) groups excluding carboxylic acids is 2. The Bertz CT molecular complexity index is 1560. The number of nitrogens with zero attached hydrogens (tertiary/aromatic N) is 5. The molecule has 2 N–H and O–H groups in total. The van der Waals surface area contributed by atoms with Crippen LogP contribution in [0, 0.1) is 18.3 Å². The molecule has 4 aromatic rings. The highest BCUT2D eigenvalue weighted by atomic mass is 32.1. The number of rotatable bonds is 6. The molecular weight excluding hydrogens is 486 g/mol. The lowest BCUT2D eigenvalue weighted by molar-refractivity contribution is -0.115. The molecule has 9 nitrogen and oxygen atoms in total. The van der Waals surface area contributed by atoms with E-state index in [1.165, 1.54) is 17.7 Å². The predicted octanol–water partition coefficient (Wildman–Crippen LogP) is 4.07. The number of amides is 2. The van der Waals surface area contributed by atoms with Crippen molar-refractivity contribution in [3.05, 3.63) is 76.6 Å². The van der Waals surface area contributed by atoms with Crippen LogP contribution in [-0.2, 0) is 16.6 Å². The van der Waals surface area contributed by atoms with E-state index in [4.69, 9.17) is 0 Å². The summed E-state index contributed by atoms with van der Waals surface area (Å²) >= 11 is 1.27. The highest BCUT2D eigenvalue weighted by molar-refractivity contribution is 7.14. The molecular formula is C27H23N7O2S. The first kappa shape index (κ1) is 24.2. The van der Waals surface area contributed by atoms with Gasteiger partial charge < -0.3 is 10.6 Å². The standard InChI is InChI=1S/C27H23N7O2S/c1-16-10-22(31-15-30-16)20-4-3-5-21(32-20)23-13-37-26(33-23)34-24(35)12-29-25(36)18-7-6-17-8-9-27(2,14-28)19(17)11-18/h3-7,10-11,13,15H,8-9,12H2,1-2H3,(H,29,36)(H,33,34,35)/t27-/m0/s1. The van der Waals surface area contributed by atoms with Crippen molar-refractivity contribution in [2.24, 2.45) is 0 Å². The lowest BCUT2D eigenvalue weighted by Crippen LogP contribution is -2.33. The Morgan fingerprint density at radius 1 is 1.08 bits per heavy atom. The summed E-state index contributed by atoms with van der Waals surface area (Å²) in [6.45, 7) is 3.57. The largest absolute Gasteiger partial charge is 0.343 e. The molecule has 37 heavy (non-hydrogen) atoms. The Morgan fingerprint density at radius 3 is 2.68 bits per heavy atom. The third kappa shape index (κ3) is 5.08. The summed E-state index contributed by atoms with van der Waals surface area (Å²) in [6, 6.07) is 15.2. The van der Waals surface area contributed by atoms with Gasteiger partial charge in [0.05, 0.1) is 35.1 Å². The predicted molar refractivity (Wildman–Crippen MR) is 140 cm³/mol. The van der Waals surface area contributed by atoms with Crippen molar-refractivity contribution in [2.75, 3.05) is 11.9 Å². The first-order valence-electron chi connectivity index (χ1n) is 11.7. The van der Waals surface area contributed by atoms with Crippen LogP contribution in [0.15, 0.2) is 54.2 Å². The normalized spacial score (nSPS) is 16.0. The van der Waals surface area contributed by atoms with Gasteiger partial charge >= 0.3 is 0 Å². The van der Waals surface area contributed by atoms with Crippen LogP contribution in [0.2, 0.25) is 0 Å².